The Morgan fingerprint density at radius 2 is 1.78 bits per heavy atom. The molecule has 0 radical (unpaired) electrons. The van der Waals surface area contributed by atoms with Crippen LogP contribution in [0.3, 0.4) is 0 Å². The summed E-state index contributed by atoms with van der Waals surface area (Å²) >= 11 is 0. The van der Waals surface area contributed by atoms with Crippen LogP contribution in [0.2, 0.25) is 0 Å². The molecule has 3 heteroatoms. The Kier molecular flexibility index (Phi) is 3.42. The van der Waals surface area contributed by atoms with Crippen molar-refractivity contribution >= 4 is 11.6 Å². The quantitative estimate of drug-likeness (QED) is 0.856. The second-order valence-corrected chi connectivity index (χ2v) is 4.23. The minimum Gasteiger partial charge on any atom is -0.322 e. The summed E-state index contributed by atoms with van der Waals surface area (Å²) in [5.41, 5.74) is 2.96. The van der Waals surface area contributed by atoms with E-state index in [1.54, 1.807) is 18.2 Å². The molecule has 2 aromatic carbocycles. The molecule has 0 unspecified atom stereocenters. The number of aryl methyl sites for hydroxylation is 2. The van der Waals surface area contributed by atoms with Gasteiger partial charge in [-0.1, -0.05) is 18.2 Å². The largest absolute Gasteiger partial charge is 0.322 e. The number of hydrogen-bond donors (Lipinski definition) is 1. The van der Waals surface area contributed by atoms with E-state index in [-0.39, 0.29) is 5.56 Å². The maximum absolute atomic E-state index is 13.4. The number of nitrogens with one attached hydrogen (secondary N) is 1. The minimum absolute atomic E-state index is 0.0516. The van der Waals surface area contributed by atoms with E-state index in [0.717, 1.165) is 11.1 Å². The van der Waals surface area contributed by atoms with E-state index >= 15 is 0 Å². The molecule has 0 aliphatic rings. The van der Waals surface area contributed by atoms with Gasteiger partial charge < -0.3 is 5.32 Å². The summed E-state index contributed by atoms with van der Waals surface area (Å²) in [6, 6.07) is 11.5. The molecule has 0 saturated carbocycles. The fourth-order valence-electron chi connectivity index (χ4n) is 1.66. The molecule has 18 heavy (non-hydrogen) atoms. The van der Waals surface area contributed by atoms with Gasteiger partial charge in [0.2, 0.25) is 0 Å². The predicted molar refractivity (Wildman–Crippen MR) is 70.3 cm³/mol. The van der Waals surface area contributed by atoms with E-state index in [1.165, 1.54) is 12.1 Å². The standard InChI is InChI=1S/C15H14FNO/c1-10-7-8-12(9-11(10)2)17-15(18)13-5-3-4-6-14(13)16/h3-9H,1-2H3,(H,17,18). The maximum Gasteiger partial charge on any atom is 0.258 e. The van der Waals surface area contributed by atoms with Crippen LogP contribution >= 0.6 is 0 Å². The summed E-state index contributed by atoms with van der Waals surface area (Å²) in [7, 11) is 0. The first-order valence-electron chi connectivity index (χ1n) is 5.71. The Labute approximate surface area is 105 Å². The van der Waals surface area contributed by atoms with Crippen molar-refractivity contribution in [1.29, 1.82) is 0 Å². The van der Waals surface area contributed by atoms with Gasteiger partial charge in [-0.15, -0.1) is 0 Å². The van der Waals surface area contributed by atoms with Crippen molar-refractivity contribution in [3.8, 4) is 0 Å². The van der Waals surface area contributed by atoms with Crippen molar-refractivity contribution < 1.29 is 9.18 Å². The monoisotopic (exact) mass is 243 g/mol. The van der Waals surface area contributed by atoms with Gasteiger partial charge in [0.05, 0.1) is 5.56 Å². The van der Waals surface area contributed by atoms with Crippen molar-refractivity contribution in [3.63, 3.8) is 0 Å². The molecule has 1 amide bonds. The zero-order valence-corrected chi connectivity index (χ0v) is 10.3. The molecule has 0 aromatic heterocycles. The molecule has 0 heterocycles. The third-order valence-electron chi connectivity index (χ3n) is 2.88. The fraction of sp³-hybridized carbons (Fsp3) is 0.133. The first kappa shape index (κ1) is 12.3. The molecule has 2 aromatic rings. The Hall–Kier alpha value is -2.16. The topological polar surface area (TPSA) is 29.1 Å². The summed E-state index contributed by atoms with van der Waals surface area (Å²) in [4.78, 5) is 11.9. The maximum atomic E-state index is 13.4. The summed E-state index contributed by atoms with van der Waals surface area (Å²) in [5.74, 6) is -0.949. The second kappa shape index (κ2) is 5.00. The summed E-state index contributed by atoms with van der Waals surface area (Å²) in [6.45, 7) is 3.96. The normalized spacial score (nSPS) is 10.2. The summed E-state index contributed by atoms with van der Waals surface area (Å²) in [5, 5.41) is 2.69. The number of halogens is 1. The van der Waals surface area contributed by atoms with E-state index in [4.69, 9.17) is 0 Å². The van der Waals surface area contributed by atoms with E-state index < -0.39 is 11.7 Å². The van der Waals surface area contributed by atoms with Gasteiger partial charge in [-0.2, -0.15) is 0 Å². The predicted octanol–water partition coefficient (Wildman–Crippen LogP) is 3.69. The number of anilines is 1. The van der Waals surface area contributed by atoms with E-state index in [2.05, 4.69) is 5.32 Å². The van der Waals surface area contributed by atoms with Gasteiger partial charge in [0.1, 0.15) is 5.82 Å². The Balaban J connectivity index is 2.22. The zero-order valence-electron chi connectivity index (χ0n) is 10.3. The SMILES string of the molecule is Cc1ccc(NC(=O)c2ccccc2F)cc1C. The number of amides is 1. The van der Waals surface area contributed by atoms with Gasteiger partial charge >= 0.3 is 0 Å². The van der Waals surface area contributed by atoms with Crippen LogP contribution in [-0.2, 0) is 0 Å². The molecule has 2 rings (SSSR count). The lowest BCUT2D eigenvalue weighted by atomic mass is 10.1. The molecule has 0 saturated heterocycles. The number of carbonyl (C=O) groups excluding carboxylic acids is 1. The molecular weight excluding hydrogens is 229 g/mol. The Morgan fingerprint density at radius 1 is 1.06 bits per heavy atom. The lowest BCUT2D eigenvalue weighted by Gasteiger charge is -2.08. The number of benzene rings is 2. The first-order valence-corrected chi connectivity index (χ1v) is 5.71. The lowest BCUT2D eigenvalue weighted by molar-refractivity contribution is 0.102. The van der Waals surface area contributed by atoms with Crippen LogP contribution in [0.25, 0.3) is 0 Å². The van der Waals surface area contributed by atoms with Gasteiger partial charge in [0.15, 0.2) is 0 Å². The van der Waals surface area contributed by atoms with Crippen LogP contribution in [0.4, 0.5) is 10.1 Å². The molecule has 0 aliphatic carbocycles. The molecule has 0 spiro atoms. The zero-order chi connectivity index (χ0) is 13.1. The van der Waals surface area contributed by atoms with E-state index in [1.807, 2.05) is 26.0 Å². The van der Waals surface area contributed by atoms with E-state index in [0.29, 0.717) is 5.69 Å². The van der Waals surface area contributed by atoms with Crippen molar-refractivity contribution in [3.05, 3.63) is 65.0 Å². The molecule has 2 nitrogen and oxygen atoms in total. The van der Waals surface area contributed by atoms with Crippen molar-refractivity contribution in [2.45, 2.75) is 13.8 Å². The molecule has 0 aliphatic heterocycles. The Morgan fingerprint density at radius 3 is 2.44 bits per heavy atom. The minimum atomic E-state index is -0.515. The van der Waals surface area contributed by atoms with Gasteiger partial charge in [-0.3, -0.25) is 4.79 Å². The van der Waals surface area contributed by atoms with Crippen molar-refractivity contribution in [1.82, 2.24) is 0 Å². The third-order valence-corrected chi connectivity index (χ3v) is 2.88. The molecular formula is C15H14FNO. The fourth-order valence-corrected chi connectivity index (χ4v) is 1.66. The van der Waals surface area contributed by atoms with Crippen LogP contribution in [0.1, 0.15) is 21.5 Å². The van der Waals surface area contributed by atoms with Crippen LogP contribution < -0.4 is 5.32 Å². The molecule has 0 atom stereocenters. The Bertz CT molecular complexity index is 593. The smallest absolute Gasteiger partial charge is 0.258 e. The molecule has 0 bridgehead atoms. The average Bonchev–Trinajstić information content (AvgIpc) is 2.34. The van der Waals surface area contributed by atoms with E-state index in [9.17, 15) is 9.18 Å². The first-order chi connectivity index (χ1) is 8.58. The highest BCUT2D eigenvalue weighted by Gasteiger charge is 2.10. The van der Waals surface area contributed by atoms with Crippen molar-refractivity contribution in [2.24, 2.45) is 0 Å². The summed E-state index contributed by atoms with van der Waals surface area (Å²) < 4.78 is 13.4. The van der Waals surface area contributed by atoms with Crippen LogP contribution in [0, 0.1) is 19.7 Å². The van der Waals surface area contributed by atoms with Gasteiger partial charge in [0.25, 0.3) is 5.91 Å². The second-order valence-electron chi connectivity index (χ2n) is 4.23. The highest BCUT2D eigenvalue weighted by Crippen LogP contribution is 2.16. The highest BCUT2D eigenvalue weighted by atomic mass is 19.1. The molecule has 92 valence electrons. The van der Waals surface area contributed by atoms with Crippen LogP contribution in [0.15, 0.2) is 42.5 Å². The van der Waals surface area contributed by atoms with Crippen molar-refractivity contribution in [2.75, 3.05) is 5.32 Å². The van der Waals surface area contributed by atoms with Gasteiger partial charge in [0, 0.05) is 5.69 Å². The van der Waals surface area contributed by atoms with Crippen LogP contribution in [-0.4, -0.2) is 5.91 Å². The van der Waals surface area contributed by atoms with Crippen LogP contribution in [0.5, 0.6) is 0 Å². The average molecular weight is 243 g/mol. The number of hydrogen-bond acceptors (Lipinski definition) is 1. The molecule has 0 fully saturated rings. The highest BCUT2D eigenvalue weighted by molar-refractivity contribution is 6.04. The molecule has 1 N–H and O–H groups in total. The van der Waals surface area contributed by atoms with Gasteiger partial charge in [-0.25, -0.2) is 4.39 Å². The lowest BCUT2D eigenvalue weighted by Crippen LogP contribution is -2.13. The third kappa shape index (κ3) is 2.56. The summed E-state index contributed by atoms with van der Waals surface area (Å²) in [6.07, 6.45) is 0. The number of rotatable bonds is 2. The van der Waals surface area contributed by atoms with Gasteiger partial charge in [-0.05, 0) is 49.2 Å². The number of carbonyl (C=O) groups is 1.